The van der Waals surface area contributed by atoms with Crippen LogP contribution < -0.4 is 27.0 Å². The van der Waals surface area contributed by atoms with Crippen LogP contribution in [0.3, 0.4) is 0 Å². The highest BCUT2D eigenvalue weighted by Gasteiger charge is 2.30. The van der Waals surface area contributed by atoms with Gasteiger partial charge in [-0.05, 0) is 176 Å². The molecule has 0 bridgehead atoms. The van der Waals surface area contributed by atoms with Crippen molar-refractivity contribution in [3.63, 3.8) is 0 Å². The number of fused-ring (bicyclic) bond motifs is 15. The molecule has 16 rings (SSSR count). The molecule has 5 atom stereocenters. The predicted molar refractivity (Wildman–Crippen MR) is 385 cm³/mol. The third kappa shape index (κ3) is 13.9. The summed E-state index contributed by atoms with van der Waals surface area (Å²) in [6.07, 6.45) is 5.96. The van der Waals surface area contributed by atoms with E-state index in [1.54, 1.807) is 11.3 Å². The first-order chi connectivity index (χ1) is 44.1. The number of likely N-dealkylation sites (N-methyl/N-ethyl adjacent to an activating group) is 4. The van der Waals surface area contributed by atoms with Gasteiger partial charge in [0.25, 0.3) is 0 Å². The minimum Gasteiger partial charge on any atom is -0.371 e. The fraction of sp³-hybridized carbons (Fsp3) is 0.370. The van der Waals surface area contributed by atoms with Crippen molar-refractivity contribution in [2.75, 3.05) is 93.4 Å². The number of benzene rings is 6. The lowest BCUT2D eigenvalue weighted by Gasteiger charge is -2.23. The van der Waals surface area contributed by atoms with Gasteiger partial charge in [0.2, 0.25) is 0 Å². The van der Waals surface area contributed by atoms with E-state index in [0.29, 0.717) is 6.54 Å². The maximum absolute atomic E-state index is 6.48. The van der Waals surface area contributed by atoms with Crippen LogP contribution >= 0.6 is 79.9 Å². The smallest absolute Gasteiger partial charge is 0.104 e. The second-order valence-electron chi connectivity index (χ2n) is 23.2. The number of nitrogens with two attached hydrogens (primary N) is 1. The fourth-order valence-electron chi connectivity index (χ4n) is 13.0. The molecule has 6 N–H and O–H groups in total. The van der Waals surface area contributed by atoms with E-state index in [2.05, 4.69) is 156 Å². The van der Waals surface area contributed by atoms with Crippen LogP contribution in [0.25, 0.3) is 61.6 Å². The molecule has 0 fully saturated rings. The van der Waals surface area contributed by atoms with Gasteiger partial charge in [-0.3, -0.25) is 0 Å². The molecule has 0 saturated carbocycles. The molecule has 0 saturated heterocycles. The highest BCUT2D eigenvalue weighted by molar-refractivity contribution is 7.21. The molecule has 5 aromatic heterocycles. The van der Waals surface area contributed by atoms with Crippen molar-refractivity contribution < 1.29 is 23.7 Å². The number of hydrogen-bond acceptors (Lipinski definition) is 15. The zero-order chi connectivity index (χ0) is 62.3. The number of ether oxygens (including phenoxy) is 5. The topological polar surface area (TPSA) is 120 Å². The molecule has 0 spiro atoms. The van der Waals surface area contributed by atoms with Crippen LogP contribution in [0.4, 0.5) is 0 Å². The molecule has 11 aromatic rings. The Balaban J connectivity index is 0.000000109. The lowest BCUT2D eigenvalue weighted by atomic mass is 9.99. The third-order valence-corrected chi connectivity index (χ3v) is 24.9. The van der Waals surface area contributed by atoms with E-state index in [-0.39, 0.29) is 30.5 Å². The average molecular weight is 1340 g/mol. The molecule has 6 aromatic carbocycles. The van der Waals surface area contributed by atoms with Crippen molar-refractivity contribution in [1.29, 1.82) is 0 Å². The van der Waals surface area contributed by atoms with E-state index in [4.69, 9.17) is 52.6 Å². The van der Waals surface area contributed by atoms with Gasteiger partial charge in [0.15, 0.2) is 0 Å². The summed E-state index contributed by atoms with van der Waals surface area (Å²) < 4.78 is 35.9. The Labute approximate surface area is 559 Å². The number of aryl methyl sites for hydroxylation is 2. The van der Waals surface area contributed by atoms with Crippen LogP contribution in [-0.2, 0) is 55.8 Å². The molecular formula is C73H81Cl2N5O5S5. The van der Waals surface area contributed by atoms with Gasteiger partial charge >= 0.3 is 0 Å². The second kappa shape index (κ2) is 30.6. The lowest BCUT2D eigenvalue weighted by Crippen LogP contribution is -2.26. The van der Waals surface area contributed by atoms with Crippen LogP contribution in [0, 0.1) is 13.8 Å². The Kier molecular flexibility index (Phi) is 22.2. The molecule has 0 radical (unpaired) electrons. The highest BCUT2D eigenvalue weighted by atomic mass is 35.5. The number of hydrogen-bond donors (Lipinski definition) is 5. The van der Waals surface area contributed by atoms with E-state index in [1.165, 1.54) is 114 Å². The summed E-state index contributed by atoms with van der Waals surface area (Å²) in [5.74, 6) is 0. The van der Waals surface area contributed by atoms with E-state index in [9.17, 15) is 0 Å². The summed E-state index contributed by atoms with van der Waals surface area (Å²) in [4.78, 5) is 6.86. The number of thiophene rings is 5. The fourth-order valence-corrected chi connectivity index (χ4v) is 20.1. The van der Waals surface area contributed by atoms with E-state index in [0.717, 1.165) is 119 Å². The molecule has 5 unspecified atom stereocenters. The molecule has 5 aliphatic rings. The van der Waals surface area contributed by atoms with E-state index >= 15 is 0 Å². The summed E-state index contributed by atoms with van der Waals surface area (Å²) >= 11 is 22.2. The third-order valence-electron chi connectivity index (χ3n) is 17.4. The first kappa shape index (κ1) is 65.4. The van der Waals surface area contributed by atoms with Crippen LogP contribution in [0.2, 0.25) is 10.0 Å². The van der Waals surface area contributed by atoms with Crippen molar-refractivity contribution in [2.24, 2.45) is 5.73 Å². The first-order valence-corrected chi connectivity index (χ1v) is 36.4. The summed E-state index contributed by atoms with van der Waals surface area (Å²) in [6.45, 7) is 15.4. The van der Waals surface area contributed by atoms with Gasteiger partial charge in [-0.1, -0.05) is 115 Å². The number of halogens is 2. The van der Waals surface area contributed by atoms with Gasteiger partial charge in [-0.15, -0.1) is 56.7 Å². The standard InChI is InChI=1S/C19H19NOS.C14H16ClNOS.C14H17NOS.C13H14ClNOS.C13H15NOS/c1-20-12-17-19-15(9-10-21-17)16-11-14(7-8-18(16)22-19)13-5-3-2-4-6-13;1-8-3-4-11-12(13(8)15)9-5-6-17-10(7-16-2)14(9)18-11;1-2-15-9-12-14-11(7-8-16-12)10-5-3-4-6-13(10)17-14;1-7-2-3-10-11(12(7)14)8-4-5-16-9(6-15)13(8)17-10;1-14-8-11-13-10(6-7-15-11)9-4-2-3-5-12(9)16-13/h2-8,11,17,20H,9-10,12H2,1H3;3-4,10,16H,5-7H2,1-2H3;3-6,12,15H,2,7-9H2,1H3;2-3,9H,4-6,15H2,1H3;2-5,11,14H,6-8H2,1H3. The molecule has 17 heteroatoms. The average Bonchev–Trinajstić information content (AvgIpc) is 1.75. The van der Waals surface area contributed by atoms with Crippen LogP contribution in [-0.4, -0.2) is 93.4 Å². The molecule has 10 nitrogen and oxygen atoms in total. The Morgan fingerprint density at radius 2 is 0.778 bits per heavy atom. The van der Waals surface area contributed by atoms with Crippen LogP contribution in [0.15, 0.2) is 121 Å². The number of nitrogens with one attached hydrogen (secondary N) is 4. The summed E-state index contributed by atoms with van der Waals surface area (Å²) in [5.41, 5.74) is 17.9. The van der Waals surface area contributed by atoms with E-state index < -0.39 is 0 Å². The minimum absolute atomic E-state index is 0.0486. The zero-order valence-electron chi connectivity index (χ0n) is 52.2. The van der Waals surface area contributed by atoms with Gasteiger partial charge in [0.1, 0.15) is 30.5 Å². The molecule has 472 valence electrons. The van der Waals surface area contributed by atoms with Gasteiger partial charge < -0.3 is 50.7 Å². The minimum atomic E-state index is 0.0486. The maximum Gasteiger partial charge on any atom is 0.104 e. The normalized spacial score (nSPS) is 19.1. The molecular weight excluding hydrogens is 1260 g/mol. The quantitative estimate of drug-likeness (QED) is 0.0856. The lowest BCUT2D eigenvalue weighted by molar-refractivity contribution is 0.0462. The molecule has 0 aliphatic carbocycles. The second-order valence-corrected chi connectivity index (χ2v) is 29.4. The van der Waals surface area contributed by atoms with Crippen molar-refractivity contribution in [2.45, 2.75) is 83.4 Å². The van der Waals surface area contributed by atoms with Crippen molar-refractivity contribution in [1.82, 2.24) is 21.3 Å². The van der Waals surface area contributed by atoms with Crippen molar-refractivity contribution >= 4 is 130 Å². The SMILES string of the molecule is CCNCC1OCCc2c1sc1ccccc21.CNCC1OCCc2c1sc1ccc(-c3ccccc3)cc21.CNCC1OCCc2c1sc1ccc(C)c(Cl)c21.CNCC1OCCc2c1sc1ccccc21.Cc1ccc2sc3c(c2c1Cl)CCOC3CN. The maximum atomic E-state index is 6.48. The Bertz CT molecular complexity index is 4230. The molecule has 10 heterocycles. The largest absolute Gasteiger partial charge is 0.371 e. The molecule has 90 heavy (non-hydrogen) atoms. The number of rotatable bonds is 11. The van der Waals surface area contributed by atoms with Crippen LogP contribution in [0.1, 0.15) is 101 Å². The van der Waals surface area contributed by atoms with Gasteiger partial charge in [0, 0.05) is 91.4 Å². The Hall–Kier alpha value is -4.70. The van der Waals surface area contributed by atoms with Crippen molar-refractivity contribution in [3.05, 3.63) is 195 Å². The van der Waals surface area contributed by atoms with E-state index in [1.807, 2.05) is 73.4 Å². The molecule has 5 aliphatic heterocycles. The van der Waals surface area contributed by atoms with Crippen LogP contribution in [0.5, 0.6) is 0 Å². The highest BCUT2D eigenvalue weighted by Crippen LogP contribution is 2.47. The van der Waals surface area contributed by atoms with Gasteiger partial charge in [0.05, 0.1) is 43.1 Å². The summed E-state index contributed by atoms with van der Waals surface area (Å²) in [6, 6.07) is 43.3. The monoisotopic (exact) mass is 1340 g/mol. The van der Waals surface area contributed by atoms with Gasteiger partial charge in [-0.25, -0.2) is 0 Å². The summed E-state index contributed by atoms with van der Waals surface area (Å²) in [7, 11) is 5.92. The van der Waals surface area contributed by atoms with Gasteiger partial charge in [-0.2, -0.15) is 0 Å². The predicted octanol–water partition coefficient (Wildman–Crippen LogP) is 17.4. The first-order valence-electron chi connectivity index (χ1n) is 31.6. The summed E-state index contributed by atoms with van der Waals surface area (Å²) in [5, 5.41) is 21.6. The van der Waals surface area contributed by atoms with Crippen molar-refractivity contribution in [3.8, 4) is 11.1 Å². The molecule has 0 amide bonds. The zero-order valence-corrected chi connectivity index (χ0v) is 57.8. The Morgan fingerprint density at radius 1 is 0.411 bits per heavy atom. The Morgan fingerprint density at radius 3 is 1.23 bits per heavy atom.